The minimum atomic E-state index is -1.12. The number of pyridine rings is 1. The van der Waals surface area contributed by atoms with Crippen LogP contribution in [0.3, 0.4) is 0 Å². The fourth-order valence-electron chi connectivity index (χ4n) is 1.64. The van der Waals surface area contributed by atoms with Gasteiger partial charge in [-0.2, -0.15) is 0 Å². The molecule has 1 amide bonds. The second kappa shape index (κ2) is 5.83. The molecule has 102 valence electrons. The summed E-state index contributed by atoms with van der Waals surface area (Å²) in [6, 6.07) is 6.75. The second-order valence-electron chi connectivity index (χ2n) is 4.18. The van der Waals surface area contributed by atoms with E-state index in [4.69, 9.17) is 5.11 Å². The van der Waals surface area contributed by atoms with Crippen LogP contribution in [0.15, 0.2) is 41.1 Å². The molecule has 0 fully saturated rings. The molecule has 0 unspecified atom stereocenters. The molecule has 0 spiro atoms. The van der Waals surface area contributed by atoms with E-state index >= 15 is 0 Å². The number of aryl methyl sites for hydroxylation is 1. The van der Waals surface area contributed by atoms with E-state index in [0.717, 1.165) is 10.0 Å². The summed E-state index contributed by atoms with van der Waals surface area (Å²) < 4.78 is 0.919. The predicted octanol–water partition coefficient (Wildman–Crippen LogP) is 3.10. The first kappa shape index (κ1) is 14.2. The van der Waals surface area contributed by atoms with Gasteiger partial charge in [0, 0.05) is 22.6 Å². The van der Waals surface area contributed by atoms with E-state index in [1.54, 1.807) is 6.07 Å². The molecule has 0 aliphatic heterocycles. The van der Waals surface area contributed by atoms with E-state index in [-0.39, 0.29) is 11.1 Å². The van der Waals surface area contributed by atoms with E-state index in [2.05, 4.69) is 26.2 Å². The van der Waals surface area contributed by atoms with Gasteiger partial charge < -0.3 is 10.4 Å². The molecule has 1 heterocycles. The third-order valence-electron chi connectivity index (χ3n) is 2.68. The number of aromatic nitrogens is 1. The molecule has 1 aromatic carbocycles. The summed E-state index contributed by atoms with van der Waals surface area (Å²) in [7, 11) is 0. The normalized spacial score (nSPS) is 10.1. The number of aromatic carboxylic acids is 1. The summed E-state index contributed by atoms with van der Waals surface area (Å²) in [6.07, 6.45) is 2.53. The molecular weight excluding hydrogens is 324 g/mol. The van der Waals surface area contributed by atoms with Gasteiger partial charge >= 0.3 is 5.97 Å². The Morgan fingerprint density at radius 3 is 2.55 bits per heavy atom. The molecule has 2 aromatic rings. The average molecular weight is 335 g/mol. The van der Waals surface area contributed by atoms with Gasteiger partial charge in [0.25, 0.3) is 5.91 Å². The Bertz CT molecular complexity index is 686. The number of halogens is 1. The largest absolute Gasteiger partial charge is 0.478 e. The highest BCUT2D eigenvalue weighted by Crippen LogP contribution is 2.20. The first-order valence-corrected chi connectivity index (χ1v) is 6.52. The number of carbonyl (C=O) groups is 2. The molecule has 5 nitrogen and oxygen atoms in total. The van der Waals surface area contributed by atoms with E-state index < -0.39 is 11.9 Å². The fourth-order valence-corrected chi connectivity index (χ4v) is 2.12. The van der Waals surface area contributed by atoms with Crippen LogP contribution in [0.1, 0.15) is 26.3 Å². The van der Waals surface area contributed by atoms with Crippen LogP contribution in [0.2, 0.25) is 0 Å². The summed E-state index contributed by atoms with van der Waals surface area (Å²) in [4.78, 5) is 26.7. The lowest BCUT2D eigenvalue weighted by Gasteiger charge is -2.08. The maximum atomic E-state index is 12.1. The molecule has 1 aromatic heterocycles. The number of hydrogen-bond donors (Lipinski definition) is 2. The van der Waals surface area contributed by atoms with Gasteiger partial charge in [-0.05, 0) is 36.8 Å². The quantitative estimate of drug-likeness (QED) is 0.903. The Balaban J connectivity index is 2.24. The van der Waals surface area contributed by atoms with Crippen molar-refractivity contribution < 1.29 is 14.7 Å². The number of nitrogens with zero attached hydrogens (tertiary/aromatic N) is 1. The number of rotatable bonds is 3. The minimum Gasteiger partial charge on any atom is -0.478 e. The standard InChI is InChI=1S/C14H11BrN2O3/c1-8-4-11(15)2-3-12(8)17-13(18)9-5-10(14(19)20)7-16-6-9/h2-7H,1H3,(H,17,18)(H,19,20). The molecule has 2 N–H and O–H groups in total. The van der Waals surface area contributed by atoms with Crippen molar-refractivity contribution in [3.05, 3.63) is 57.8 Å². The number of nitrogens with one attached hydrogen (secondary N) is 1. The summed E-state index contributed by atoms with van der Waals surface area (Å²) in [6.45, 7) is 1.87. The van der Waals surface area contributed by atoms with Crippen molar-refractivity contribution in [2.24, 2.45) is 0 Å². The first-order chi connectivity index (χ1) is 9.47. The van der Waals surface area contributed by atoms with Crippen LogP contribution in [0.5, 0.6) is 0 Å². The highest BCUT2D eigenvalue weighted by Gasteiger charge is 2.11. The Hall–Kier alpha value is -2.21. The Morgan fingerprint density at radius 2 is 1.90 bits per heavy atom. The molecule has 0 atom stereocenters. The van der Waals surface area contributed by atoms with Crippen LogP contribution in [0.25, 0.3) is 0 Å². The van der Waals surface area contributed by atoms with Gasteiger partial charge in [0.05, 0.1) is 11.1 Å². The van der Waals surface area contributed by atoms with Crippen LogP contribution in [-0.4, -0.2) is 22.0 Å². The number of benzene rings is 1. The molecule has 6 heteroatoms. The number of carbonyl (C=O) groups excluding carboxylic acids is 1. The monoisotopic (exact) mass is 334 g/mol. The van der Waals surface area contributed by atoms with E-state index in [9.17, 15) is 9.59 Å². The van der Waals surface area contributed by atoms with Crippen molar-refractivity contribution in [3.63, 3.8) is 0 Å². The van der Waals surface area contributed by atoms with E-state index in [0.29, 0.717) is 5.69 Å². The summed E-state index contributed by atoms with van der Waals surface area (Å²) in [5.41, 5.74) is 1.74. The number of carboxylic acids is 1. The molecule has 2 rings (SSSR count). The van der Waals surface area contributed by atoms with Crippen LogP contribution in [-0.2, 0) is 0 Å². The van der Waals surface area contributed by atoms with Gasteiger partial charge in [-0.1, -0.05) is 15.9 Å². The van der Waals surface area contributed by atoms with Crippen LogP contribution < -0.4 is 5.32 Å². The summed E-state index contributed by atoms with van der Waals surface area (Å²) in [5, 5.41) is 11.6. The van der Waals surface area contributed by atoms with E-state index in [1.807, 2.05) is 19.1 Å². The first-order valence-electron chi connectivity index (χ1n) is 5.73. The molecular formula is C14H11BrN2O3. The van der Waals surface area contributed by atoms with Gasteiger partial charge in [0.15, 0.2) is 0 Å². The number of amides is 1. The maximum Gasteiger partial charge on any atom is 0.337 e. The highest BCUT2D eigenvalue weighted by atomic mass is 79.9. The molecule has 0 aliphatic rings. The van der Waals surface area contributed by atoms with Gasteiger partial charge in [-0.25, -0.2) is 4.79 Å². The van der Waals surface area contributed by atoms with Gasteiger partial charge in [0.2, 0.25) is 0 Å². The molecule has 0 bridgehead atoms. The molecule has 0 radical (unpaired) electrons. The summed E-state index contributed by atoms with van der Waals surface area (Å²) in [5.74, 6) is -1.52. The predicted molar refractivity (Wildman–Crippen MR) is 78.0 cm³/mol. The van der Waals surface area contributed by atoms with Crippen LogP contribution in [0, 0.1) is 6.92 Å². The Kier molecular flexibility index (Phi) is 4.14. The minimum absolute atomic E-state index is 0.0230. The summed E-state index contributed by atoms with van der Waals surface area (Å²) >= 11 is 3.34. The molecule has 0 saturated heterocycles. The molecule has 0 saturated carbocycles. The Labute approximate surface area is 123 Å². The zero-order valence-corrected chi connectivity index (χ0v) is 12.1. The Morgan fingerprint density at radius 1 is 1.20 bits per heavy atom. The van der Waals surface area contributed by atoms with Crippen molar-refractivity contribution in [3.8, 4) is 0 Å². The third kappa shape index (κ3) is 3.21. The topological polar surface area (TPSA) is 79.3 Å². The lowest BCUT2D eigenvalue weighted by atomic mass is 10.1. The molecule has 20 heavy (non-hydrogen) atoms. The lowest BCUT2D eigenvalue weighted by molar-refractivity contribution is 0.0696. The zero-order chi connectivity index (χ0) is 14.7. The second-order valence-corrected chi connectivity index (χ2v) is 5.10. The van der Waals surface area contributed by atoms with Crippen molar-refractivity contribution in [1.29, 1.82) is 0 Å². The SMILES string of the molecule is Cc1cc(Br)ccc1NC(=O)c1cncc(C(=O)O)c1. The smallest absolute Gasteiger partial charge is 0.337 e. The number of carboxylic acid groups (broad SMARTS) is 1. The number of anilines is 1. The van der Waals surface area contributed by atoms with E-state index in [1.165, 1.54) is 18.5 Å². The fraction of sp³-hybridized carbons (Fsp3) is 0.0714. The van der Waals surface area contributed by atoms with Crippen molar-refractivity contribution >= 4 is 33.5 Å². The van der Waals surface area contributed by atoms with Crippen LogP contribution >= 0.6 is 15.9 Å². The molecule has 0 aliphatic carbocycles. The van der Waals surface area contributed by atoms with Crippen LogP contribution in [0.4, 0.5) is 5.69 Å². The average Bonchev–Trinajstić information content (AvgIpc) is 2.42. The third-order valence-corrected chi connectivity index (χ3v) is 3.18. The lowest BCUT2D eigenvalue weighted by Crippen LogP contribution is -2.14. The van der Waals surface area contributed by atoms with Crippen molar-refractivity contribution in [1.82, 2.24) is 4.98 Å². The highest BCUT2D eigenvalue weighted by molar-refractivity contribution is 9.10. The van der Waals surface area contributed by atoms with Crippen molar-refractivity contribution in [2.75, 3.05) is 5.32 Å². The van der Waals surface area contributed by atoms with Crippen molar-refractivity contribution in [2.45, 2.75) is 6.92 Å². The van der Waals surface area contributed by atoms with Gasteiger partial charge in [-0.15, -0.1) is 0 Å². The number of hydrogen-bond acceptors (Lipinski definition) is 3. The maximum absolute atomic E-state index is 12.1. The van der Waals surface area contributed by atoms with Gasteiger partial charge in [0.1, 0.15) is 0 Å². The zero-order valence-electron chi connectivity index (χ0n) is 10.6. The van der Waals surface area contributed by atoms with Gasteiger partial charge in [-0.3, -0.25) is 9.78 Å².